The van der Waals surface area contributed by atoms with E-state index in [1.54, 1.807) is 0 Å². The molecular formula is C9H8BF3NO4-. The Kier molecular flexibility index (Phi) is 3.94. The Balaban J connectivity index is 3.39. The topological polar surface area (TPSA) is 69.4 Å². The molecule has 0 heterocycles. The molecule has 0 spiro atoms. The fourth-order valence-electron chi connectivity index (χ4n) is 1.49. The maximum atomic E-state index is 12.4. The van der Waals surface area contributed by atoms with E-state index in [4.69, 9.17) is 0 Å². The number of rotatable bonds is 4. The lowest BCUT2D eigenvalue weighted by Gasteiger charge is -2.15. The number of carbonyl (C=O) groups is 1. The van der Waals surface area contributed by atoms with E-state index >= 15 is 0 Å². The van der Waals surface area contributed by atoms with Crippen LogP contribution in [0, 0.1) is 10.1 Å². The first-order chi connectivity index (χ1) is 8.26. The van der Waals surface area contributed by atoms with Crippen molar-refractivity contribution in [3.63, 3.8) is 0 Å². The van der Waals surface area contributed by atoms with Crippen molar-refractivity contribution in [3.05, 3.63) is 39.4 Å². The molecule has 1 rings (SSSR count). The molecule has 9 heteroatoms. The predicted molar refractivity (Wildman–Crippen MR) is 57.2 cm³/mol. The van der Waals surface area contributed by atoms with Crippen LogP contribution >= 0.6 is 0 Å². The summed E-state index contributed by atoms with van der Waals surface area (Å²) >= 11 is 0. The number of esters is 1. The van der Waals surface area contributed by atoms with Gasteiger partial charge >= 0.3 is 12.9 Å². The lowest BCUT2D eigenvalue weighted by atomic mass is 9.79. The summed E-state index contributed by atoms with van der Waals surface area (Å²) in [6.07, 6.45) is -1.50. The predicted octanol–water partition coefficient (Wildman–Crippen LogP) is 2.31. The maximum Gasteiger partial charge on any atom is 0.482 e. The van der Waals surface area contributed by atoms with Gasteiger partial charge in [0.25, 0.3) is 5.69 Å². The van der Waals surface area contributed by atoms with Gasteiger partial charge in [0.1, 0.15) is 0 Å². The summed E-state index contributed by atoms with van der Waals surface area (Å²) in [5.74, 6) is -1.03. The van der Waals surface area contributed by atoms with Crippen molar-refractivity contribution in [2.45, 2.75) is 6.32 Å². The molecule has 0 saturated heterocycles. The zero-order chi connectivity index (χ0) is 13.9. The van der Waals surface area contributed by atoms with E-state index in [2.05, 4.69) is 4.74 Å². The standard InChI is InChI=1S/C9H8BF3NO4/c1-18-9(15)6-3-2-4-8(14(16)17)7(6)5-10(11,12)13/h2-4H,5H2,1H3/q-1. The number of benzene rings is 1. The van der Waals surface area contributed by atoms with Crippen LogP contribution in [0.2, 0.25) is 0 Å². The third-order valence-corrected chi connectivity index (χ3v) is 2.19. The molecule has 5 nitrogen and oxygen atoms in total. The Bertz CT molecular complexity index is 489. The smallest absolute Gasteiger partial charge is 0.465 e. The zero-order valence-corrected chi connectivity index (χ0v) is 9.23. The third-order valence-electron chi connectivity index (χ3n) is 2.19. The van der Waals surface area contributed by atoms with Gasteiger partial charge in [0.2, 0.25) is 0 Å². The SMILES string of the molecule is COC(=O)c1cccc([N+](=O)[O-])c1C[B-](F)(F)F. The Morgan fingerprint density at radius 3 is 2.50 bits per heavy atom. The minimum Gasteiger partial charge on any atom is -0.465 e. The highest BCUT2D eigenvalue weighted by Crippen LogP contribution is 2.28. The third kappa shape index (κ3) is 3.22. The van der Waals surface area contributed by atoms with Crippen LogP contribution in [-0.2, 0) is 11.1 Å². The molecule has 0 atom stereocenters. The van der Waals surface area contributed by atoms with Crippen molar-refractivity contribution in [1.29, 1.82) is 0 Å². The first-order valence-corrected chi connectivity index (χ1v) is 4.82. The van der Waals surface area contributed by atoms with Crippen LogP contribution < -0.4 is 0 Å². The van der Waals surface area contributed by atoms with Crippen LogP contribution in [0.1, 0.15) is 15.9 Å². The number of hydrogen-bond acceptors (Lipinski definition) is 4. The van der Waals surface area contributed by atoms with E-state index in [-0.39, 0.29) is 0 Å². The van der Waals surface area contributed by atoms with Crippen molar-refractivity contribution in [1.82, 2.24) is 0 Å². The highest BCUT2D eigenvalue weighted by atomic mass is 19.4. The van der Waals surface area contributed by atoms with E-state index in [9.17, 15) is 27.9 Å². The Hall–Kier alpha value is -2.06. The first-order valence-electron chi connectivity index (χ1n) is 4.82. The Morgan fingerprint density at radius 1 is 1.44 bits per heavy atom. The second kappa shape index (κ2) is 5.07. The van der Waals surface area contributed by atoms with Crippen LogP contribution in [0.3, 0.4) is 0 Å². The van der Waals surface area contributed by atoms with Crippen LogP contribution in [0.25, 0.3) is 0 Å². The van der Waals surface area contributed by atoms with Crippen molar-refractivity contribution in [2.75, 3.05) is 7.11 Å². The van der Waals surface area contributed by atoms with Crippen molar-refractivity contribution in [2.24, 2.45) is 0 Å². The summed E-state index contributed by atoms with van der Waals surface area (Å²) in [7, 11) is 0.990. The summed E-state index contributed by atoms with van der Waals surface area (Å²) < 4.78 is 41.6. The number of nitro groups is 1. The lowest BCUT2D eigenvalue weighted by Crippen LogP contribution is -2.22. The molecule has 0 amide bonds. The molecule has 0 aliphatic heterocycles. The molecule has 0 bridgehead atoms. The normalized spacial score (nSPS) is 11.1. The summed E-state index contributed by atoms with van der Waals surface area (Å²) in [4.78, 5) is 21.0. The number of halogens is 3. The zero-order valence-electron chi connectivity index (χ0n) is 9.23. The number of methoxy groups -OCH3 is 1. The first kappa shape index (κ1) is 14.0. The van der Waals surface area contributed by atoms with E-state index in [1.165, 1.54) is 0 Å². The van der Waals surface area contributed by atoms with Gasteiger partial charge in [-0.3, -0.25) is 10.1 Å². The number of hydrogen-bond donors (Lipinski definition) is 0. The van der Waals surface area contributed by atoms with Gasteiger partial charge in [-0.15, -0.1) is 0 Å². The number of ether oxygens (including phenoxy) is 1. The molecule has 1 aromatic rings. The van der Waals surface area contributed by atoms with Gasteiger partial charge in [-0.05, 0) is 6.07 Å². The molecule has 0 fully saturated rings. The fourth-order valence-corrected chi connectivity index (χ4v) is 1.49. The van der Waals surface area contributed by atoms with Crippen LogP contribution in [0.5, 0.6) is 0 Å². The van der Waals surface area contributed by atoms with E-state index in [0.29, 0.717) is 0 Å². The molecule has 18 heavy (non-hydrogen) atoms. The second-order valence-electron chi connectivity index (χ2n) is 3.47. The molecule has 0 saturated carbocycles. The number of nitro benzene ring substituents is 1. The largest absolute Gasteiger partial charge is 0.482 e. The van der Waals surface area contributed by atoms with Gasteiger partial charge in [0.05, 0.1) is 17.6 Å². The summed E-state index contributed by atoms with van der Waals surface area (Å²) in [5.41, 5.74) is -1.84. The molecule has 98 valence electrons. The van der Waals surface area contributed by atoms with Gasteiger partial charge in [0, 0.05) is 11.6 Å². The summed E-state index contributed by atoms with van der Waals surface area (Å²) in [6, 6.07) is 3.12. The van der Waals surface area contributed by atoms with Crippen LogP contribution in [0.4, 0.5) is 18.6 Å². The monoisotopic (exact) mass is 262 g/mol. The highest BCUT2D eigenvalue weighted by Gasteiger charge is 2.31. The fraction of sp³-hybridized carbons (Fsp3) is 0.222. The second-order valence-corrected chi connectivity index (χ2v) is 3.47. The molecule has 0 aliphatic rings. The molecular weight excluding hydrogens is 254 g/mol. The Morgan fingerprint density at radius 2 is 2.06 bits per heavy atom. The van der Waals surface area contributed by atoms with Gasteiger partial charge in [-0.1, -0.05) is 12.4 Å². The van der Waals surface area contributed by atoms with Crippen LogP contribution in [-0.4, -0.2) is 25.0 Å². The molecule has 0 radical (unpaired) electrons. The Labute approximate surface area is 99.8 Å². The molecule has 0 unspecified atom stereocenters. The van der Waals surface area contributed by atoms with Crippen molar-refractivity contribution >= 4 is 18.6 Å². The summed E-state index contributed by atoms with van der Waals surface area (Å²) in [5, 5.41) is 10.7. The molecule has 0 aromatic heterocycles. The van der Waals surface area contributed by atoms with E-state index in [1.807, 2.05) is 0 Å². The number of nitrogens with zero attached hydrogens (tertiary/aromatic N) is 1. The summed E-state index contributed by atoms with van der Waals surface area (Å²) in [6.45, 7) is -5.30. The average molecular weight is 262 g/mol. The van der Waals surface area contributed by atoms with Gasteiger partial charge in [-0.2, -0.15) is 0 Å². The lowest BCUT2D eigenvalue weighted by molar-refractivity contribution is -0.385. The van der Waals surface area contributed by atoms with Crippen LogP contribution in [0.15, 0.2) is 18.2 Å². The minimum absolute atomic E-state index is 0.439. The maximum absolute atomic E-state index is 12.4. The quantitative estimate of drug-likeness (QED) is 0.361. The minimum atomic E-state index is -5.30. The molecule has 1 aromatic carbocycles. The number of carbonyl (C=O) groups excluding carboxylic acids is 1. The highest BCUT2D eigenvalue weighted by molar-refractivity contribution is 6.58. The van der Waals surface area contributed by atoms with Gasteiger partial charge in [-0.25, -0.2) is 4.79 Å². The van der Waals surface area contributed by atoms with E-state index < -0.39 is 41.0 Å². The molecule has 0 N–H and O–H groups in total. The van der Waals surface area contributed by atoms with Crippen molar-refractivity contribution < 1.29 is 27.4 Å². The van der Waals surface area contributed by atoms with Gasteiger partial charge in [0.15, 0.2) is 0 Å². The molecule has 0 aliphatic carbocycles. The average Bonchev–Trinajstić information content (AvgIpc) is 2.25. The van der Waals surface area contributed by atoms with E-state index in [0.717, 1.165) is 25.3 Å². The van der Waals surface area contributed by atoms with Crippen molar-refractivity contribution in [3.8, 4) is 0 Å². The van der Waals surface area contributed by atoms with Gasteiger partial charge < -0.3 is 17.7 Å².